The molecular weight excluding hydrogens is 677 g/mol. The van der Waals surface area contributed by atoms with Crippen molar-refractivity contribution in [3.63, 3.8) is 0 Å². The van der Waals surface area contributed by atoms with Crippen LogP contribution >= 0.6 is 0 Å². The fourth-order valence-electron chi connectivity index (χ4n) is 8.10. The maximum absolute atomic E-state index is 2.38. The van der Waals surface area contributed by atoms with E-state index in [1.54, 1.807) is 0 Å². The Morgan fingerprint density at radius 3 is 1.27 bits per heavy atom. The summed E-state index contributed by atoms with van der Waals surface area (Å²) >= 11 is 0. The highest BCUT2D eigenvalue weighted by Crippen LogP contribution is 2.41. The largest absolute Gasteiger partial charge is 0.311 e. The lowest BCUT2D eigenvalue weighted by Gasteiger charge is -2.26. The molecule has 0 spiro atoms. The van der Waals surface area contributed by atoms with Crippen molar-refractivity contribution in [1.29, 1.82) is 0 Å². The van der Waals surface area contributed by atoms with E-state index < -0.39 is 0 Å². The molecule has 0 bridgehead atoms. The van der Waals surface area contributed by atoms with Crippen molar-refractivity contribution in [2.24, 2.45) is 0 Å². The third-order valence-electron chi connectivity index (χ3n) is 10.8. The number of para-hydroxylation sites is 2. The monoisotopic (exact) mass is 714 g/mol. The average Bonchev–Trinajstić information content (AvgIpc) is 3.63. The zero-order valence-corrected chi connectivity index (χ0v) is 30.8. The van der Waals surface area contributed by atoms with Gasteiger partial charge in [-0.2, -0.15) is 0 Å². The van der Waals surface area contributed by atoms with Gasteiger partial charge in [0.25, 0.3) is 0 Å². The molecule has 56 heavy (non-hydrogen) atoms. The highest BCUT2D eigenvalue weighted by Gasteiger charge is 2.17. The van der Waals surface area contributed by atoms with Gasteiger partial charge in [0.05, 0.1) is 11.0 Å². The van der Waals surface area contributed by atoms with Crippen LogP contribution in [0.5, 0.6) is 0 Å². The summed E-state index contributed by atoms with van der Waals surface area (Å²) in [5, 5.41) is 2.53. The predicted octanol–water partition coefficient (Wildman–Crippen LogP) is 14.9. The van der Waals surface area contributed by atoms with Crippen LogP contribution in [0, 0.1) is 0 Å². The lowest BCUT2D eigenvalue weighted by molar-refractivity contribution is 1.18. The zero-order chi connectivity index (χ0) is 37.3. The van der Waals surface area contributed by atoms with Crippen LogP contribution in [0.25, 0.3) is 72.0 Å². The predicted molar refractivity (Wildman–Crippen MR) is 237 cm³/mol. The van der Waals surface area contributed by atoms with Gasteiger partial charge in [-0.15, -0.1) is 0 Å². The Morgan fingerprint density at radius 1 is 0.286 bits per heavy atom. The van der Waals surface area contributed by atoms with Crippen LogP contribution in [0.3, 0.4) is 0 Å². The molecule has 0 aliphatic rings. The molecule has 0 amide bonds. The molecule has 0 atom stereocenters. The van der Waals surface area contributed by atoms with Gasteiger partial charge < -0.3 is 9.47 Å². The Morgan fingerprint density at radius 2 is 0.696 bits per heavy atom. The molecule has 0 unspecified atom stereocenters. The van der Waals surface area contributed by atoms with Crippen LogP contribution < -0.4 is 4.90 Å². The molecule has 1 aromatic heterocycles. The summed E-state index contributed by atoms with van der Waals surface area (Å²) in [4.78, 5) is 2.34. The van der Waals surface area contributed by atoms with Crippen molar-refractivity contribution in [1.82, 2.24) is 4.57 Å². The first-order valence-electron chi connectivity index (χ1n) is 19.2. The van der Waals surface area contributed by atoms with E-state index >= 15 is 0 Å². The van der Waals surface area contributed by atoms with E-state index in [1.165, 1.54) is 66.3 Å². The summed E-state index contributed by atoms with van der Waals surface area (Å²) in [5.41, 5.74) is 16.5. The molecule has 2 nitrogen and oxygen atoms in total. The molecule has 9 aromatic carbocycles. The van der Waals surface area contributed by atoms with Gasteiger partial charge in [-0.1, -0.05) is 164 Å². The summed E-state index contributed by atoms with van der Waals surface area (Å²) in [6, 6.07) is 82.9. The molecular formula is C54H38N2. The van der Waals surface area contributed by atoms with Crippen molar-refractivity contribution in [2.75, 3.05) is 4.90 Å². The summed E-state index contributed by atoms with van der Waals surface area (Å²) in [5.74, 6) is 0. The van der Waals surface area contributed by atoms with Crippen molar-refractivity contribution in [3.05, 3.63) is 231 Å². The van der Waals surface area contributed by atoms with Gasteiger partial charge in [0, 0.05) is 33.5 Å². The van der Waals surface area contributed by atoms with Crippen molar-refractivity contribution in [2.45, 2.75) is 0 Å². The van der Waals surface area contributed by atoms with Crippen LogP contribution in [0.1, 0.15) is 0 Å². The van der Waals surface area contributed by atoms with E-state index in [4.69, 9.17) is 0 Å². The summed E-state index contributed by atoms with van der Waals surface area (Å²) in [7, 11) is 0. The minimum Gasteiger partial charge on any atom is -0.311 e. The first-order chi connectivity index (χ1) is 27.8. The lowest BCUT2D eigenvalue weighted by atomic mass is 9.95. The van der Waals surface area contributed by atoms with Crippen molar-refractivity contribution >= 4 is 38.9 Å². The molecule has 1 heterocycles. The Balaban J connectivity index is 1.02. The third-order valence-corrected chi connectivity index (χ3v) is 10.8. The molecule has 264 valence electrons. The van der Waals surface area contributed by atoms with E-state index in [0.717, 1.165) is 22.7 Å². The van der Waals surface area contributed by atoms with Gasteiger partial charge in [0.1, 0.15) is 0 Å². The SMILES string of the molecule is c1ccc(-c2ccc(N(c3ccc(-c4ccccc4)cc3)c3ccc(-c4cccc(-c5cccc6c5c5ccccc5n6-c5ccccc5)c4)cc3)cc2)cc1. The van der Waals surface area contributed by atoms with Gasteiger partial charge in [0.2, 0.25) is 0 Å². The summed E-state index contributed by atoms with van der Waals surface area (Å²) in [6.45, 7) is 0. The fourth-order valence-corrected chi connectivity index (χ4v) is 8.10. The average molecular weight is 715 g/mol. The highest BCUT2D eigenvalue weighted by molar-refractivity contribution is 6.15. The summed E-state index contributed by atoms with van der Waals surface area (Å²) in [6.07, 6.45) is 0. The van der Waals surface area contributed by atoms with Crippen molar-refractivity contribution < 1.29 is 0 Å². The molecule has 10 rings (SSSR count). The molecule has 0 saturated heterocycles. The number of hydrogen-bond donors (Lipinski definition) is 0. The number of rotatable bonds is 8. The van der Waals surface area contributed by atoms with E-state index in [-0.39, 0.29) is 0 Å². The lowest BCUT2D eigenvalue weighted by Crippen LogP contribution is -2.09. The second-order valence-corrected chi connectivity index (χ2v) is 14.2. The van der Waals surface area contributed by atoms with Crippen LogP contribution in [0.15, 0.2) is 231 Å². The van der Waals surface area contributed by atoms with Gasteiger partial charge in [0.15, 0.2) is 0 Å². The standard InChI is InChI=1S/C54H38N2/c1-4-14-39(15-5-1)41-26-32-47(33-27-41)55(48-34-28-42(29-35-48)40-16-6-2-7-17-40)49-36-30-43(31-37-49)44-18-12-19-45(38-44)50-23-13-25-53-54(50)51-22-10-11-24-52(51)56(53)46-20-8-3-9-21-46/h1-38H. The first-order valence-corrected chi connectivity index (χ1v) is 19.2. The van der Waals surface area contributed by atoms with Crippen LogP contribution in [-0.2, 0) is 0 Å². The van der Waals surface area contributed by atoms with E-state index in [0.29, 0.717) is 0 Å². The maximum atomic E-state index is 2.38. The van der Waals surface area contributed by atoms with Gasteiger partial charge >= 0.3 is 0 Å². The molecule has 0 radical (unpaired) electrons. The topological polar surface area (TPSA) is 8.17 Å². The fraction of sp³-hybridized carbons (Fsp3) is 0. The number of nitrogens with zero attached hydrogens (tertiary/aromatic N) is 2. The minimum absolute atomic E-state index is 1.10. The second kappa shape index (κ2) is 14.4. The zero-order valence-electron chi connectivity index (χ0n) is 30.8. The van der Waals surface area contributed by atoms with E-state index in [2.05, 4.69) is 240 Å². The first kappa shape index (κ1) is 33.2. The second-order valence-electron chi connectivity index (χ2n) is 14.2. The van der Waals surface area contributed by atoms with Crippen molar-refractivity contribution in [3.8, 4) is 50.2 Å². The number of fused-ring (bicyclic) bond motifs is 3. The van der Waals surface area contributed by atoms with Gasteiger partial charge in [-0.3, -0.25) is 0 Å². The molecule has 0 aliphatic heterocycles. The maximum Gasteiger partial charge on any atom is 0.0547 e. The molecule has 0 aliphatic carbocycles. The van der Waals surface area contributed by atoms with Gasteiger partial charge in [-0.05, 0) is 111 Å². The van der Waals surface area contributed by atoms with Gasteiger partial charge in [-0.25, -0.2) is 0 Å². The Bertz CT molecular complexity index is 2830. The Hall–Kier alpha value is -7.42. The van der Waals surface area contributed by atoms with Crippen LogP contribution in [0.2, 0.25) is 0 Å². The van der Waals surface area contributed by atoms with E-state index in [9.17, 15) is 0 Å². The van der Waals surface area contributed by atoms with E-state index in [1.807, 2.05) is 0 Å². The Labute approximate surface area is 327 Å². The molecule has 2 heteroatoms. The normalized spacial score (nSPS) is 11.2. The number of benzene rings is 9. The molecule has 10 aromatic rings. The minimum atomic E-state index is 1.10. The summed E-state index contributed by atoms with van der Waals surface area (Å²) < 4.78 is 2.38. The Kier molecular flexibility index (Phi) is 8.55. The van der Waals surface area contributed by atoms with Crippen LogP contribution in [0.4, 0.5) is 17.1 Å². The van der Waals surface area contributed by atoms with Crippen LogP contribution in [-0.4, -0.2) is 4.57 Å². The molecule has 0 saturated carbocycles. The number of aromatic nitrogens is 1. The molecule has 0 N–H and O–H groups in total. The number of hydrogen-bond acceptors (Lipinski definition) is 1. The molecule has 0 fully saturated rings. The smallest absolute Gasteiger partial charge is 0.0547 e. The quantitative estimate of drug-likeness (QED) is 0.152. The number of anilines is 3. The third kappa shape index (κ3) is 6.14. The highest BCUT2D eigenvalue weighted by atomic mass is 15.1.